The second-order valence-electron chi connectivity index (χ2n) is 5.60. The molecule has 0 aliphatic carbocycles. The Morgan fingerprint density at radius 2 is 2.14 bits per heavy atom. The molecule has 5 nitrogen and oxygen atoms in total. The first-order chi connectivity index (χ1) is 10.5. The smallest absolute Gasteiger partial charge is 0.208 e. The van der Waals surface area contributed by atoms with Gasteiger partial charge in [0.05, 0.1) is 11.9 Å². The zero-order valence-electron chi connectivity index (χ0n) is 12.4. The number of likely N-dealkylation sites (tertiary alicyclic amines) is 1. The topological polar surface area (TPSA) is 62.3 Å². The van der Waals surface area contributed by atoms with E-state index in [0.717, 1.165) is 43.2 Å². The number of hydrogen-bond donors (Lipinski definition) is 1. The summed E-state index contributed by atoms with van der Waals surface area (Å²) in [7, 11) is -3.10. The van der Waals surface area contributed by atoms with Crippen molar-refractivity contribution in [1.82, 2.24) is 14.6 Å². The van der Waals surface area contributed by atoms with Crippen LogP contribution in [-0.2, 0) is 16.6 Å². The standard InChI is InChI=1S/C14H19N3O2S3/c1-22(18,19)16-12-2-5-17(6-3-12)8-13-10-21-14(15-13)11-4-7-20-9-11/h4,7,9-10,12,16H,2-3,5-6,8H2,1H3. The lowest BCUT2D eigenvalue weighted by molar-refractivity contribution is 0.198. The Morgan fingerprint density at radius 1 is 1.36 bits per heavy atom. The molecule has 0 unspecified atom stereocenters. The average molecular weight is 358 g/mol. The second-order valence-corrected chi connectivity index (χ2v) is 9.01. The van der Waals surface area contributed by atoms with Gasteiger partial charge < -0.3 is 0 Å². The van der Waals surface area contributed by atoms with Gasteiger partial charge in [0.15, 0.2) is 0 Å². The monoisotopic (exact) mass is 357 g/mol. The number of rotatable bonds is 5. The van der Waals surface area contributed by atoms with Crippen LogP contribution in [0, 0.1) is 0 Å². The summed E-state index contributed by atoms with van der Waals surface area (Å²) in [4.78, 5) is 7.04. The van der Waals surface area contributed by atoms with E-state index in [1.54, 1.807) is 22.7 Å². The van der Waals surface area contributed by atoms with E-state index in [1.165, 1.54) is 11.8 Å². The molecule has 1 saturated heterocycles. The maximum absolute atomic E-state index is 11.3. The number of sulfonamides is 1. The first kappa shape index (κ1) is 16.1. The van der Waals surface area contributed by atoms with Crippen LogP contribution in [0.5, 0.6) is 0 Å². The summed E-state index contributed by atoms with van der Waals surface area (Å²) in [5, 5.41) is 7.37. The summed E-state index contributed by atoms with van der Waals surface area (Å²) < 4.78 is 25.2. The van der Waals surface area contributed by atoms with Gasteiger partial charge >= 0.3 is 0 Å². The molecule has 0 spiro atoms. The normalized spacial score (nSPS) is 17.9. The fraction of sp³-hybridized carbons (Fsp3) is 0.500. The van der Waals surface area contributed by atoms with Gasteiger partial charge in [0.2, 0.25) is 10.0 Å². The SMILES string of the molecule is CS(=O)(=O)NC1CCN(Cc2csc(-c3ccsc3)n2)CC1. The van der Waals surface area contributed by atoms with Gasteiger partial charge in [0, 0.05) is 42.0 Å². The van der Waals surface area contributed by atoms with Gasteiger partial charge in [-0.1, -0.05) is 0 Å². The van der Waals surface area contributed by atoms with Crippen LogP contribution in [-0.4, -0.2) is 43.7 Å². The zero-order valence-corrected chi connectivity index (χ0v) is 14.8. The van der Waals surface area contributed by atoms with Gasteiger partial charge in [-0.2, -0.15) is 11.3 Å². The second kappa shape index (κ2) is 6.76. The minimum absolute atomic E-state index is 0.0723. The molecule has 0 aromatic carbocycles. The van der Waals surface area contributed by atoms with Crippen molar-refractivity contribution in [2.24, 2.45) is 0 Å². The van der Waals surface area contributed by atoms with Crippen molar-refractivity contribution in [3.8, 4) is 10.6 Å². The Hall–Kier alpha value is -0.800. The Morgan fingerprint density at radius 3 is 2.77 bits per heavy atom. The van der Waals surface area contributed by atoms with E-state index < -0.39 is 10.0 Å². The first-order valence-corrected chi connectivity index (χ1v) is 10.9. The Balaban J connectivity index is 1.53. The summed E-state index contributed by atoms with van der Waals surface area (Å²) in [6.07, 6.45) is 2.93. The van der Waals surface area contributed by atoms with E-state index >= 15 is 0 Å². The molecule has 1 N–H and O–H groups in total. The average Bonchev–Trinajstić information content (AvgIpc) is 3.10. The number of nitrogens with zero attached hydrogens (tertiary/aromatic N) is 2. The molecular formula is C14H19N3O2S3. The molecule has 3 rings (SSSR count). The molecule has 8 heteroatoms. The van der Waals surface area contributed by atoms with E-state index in [0.29, 0.717) is 0 Å². The Bertz CT molecular complexity index is 702. The molecule has 0 bridgehead atoms. The molecule has 3 heterocycles. The maximum atomic E-state index is 11.3. The minimum Gasteiger partial charge on any atom is -0.297 e. The lowest BCUT2D eigenvalue weighted by Crippen LogP contribution is -2.43. The van der Waals surface area contributed by atoms with Crippen LogP contribution in [0.1, 0.15) is 18.5 Å². The summed E-state index contributed by atoms with van der Waals surface area (Å²) in [6.45, 7) is 2.64. The van der Waals surface area contributed by atoms with E-state index in [4.69, 9.17) is 4.98 Å². The molecule has 120 valence electrons. The number of hydrogen-bond acceptors (Lipinski definition) is 6. The summed E-state index contributed by atoms with van der Waals surface area (Å²) in [5.41, 5.74) is 2.29. The molecular weight excluding hydrogens is 338 g/mol. The highest BCUT2D eigenvalue weighted by atomic mass is 32.2. The Labute approximate surface area is 139 Å². The highest BCUT2D eigenvalue weighted by Crippen LogP contribution is 2.26. The van der Waals surface area contributed by atoms with E-state index in [-0.39, 0.29) is 6.04 Å². The van der Waals surface area contributed by atoms with Gasteiger partial charge in [0.25, 0.3) is 0 Å². The molecule has 2 aromatic rings. The zero-order chi connectivity index (χ0) is 15.6. The number of piperidine rings is 1. The Kier molecular flexibility index (Phi) is 4.94. The number of thiazole rings is 1. The van der Waals surface area contributed by atoms with E-state index in [2.05, 4.69) is 31.8 Å². The van der Waals surface area contributed by atoms with Crippen molar-refractivity contribution in [2.75, 3.05) is 19.3 Å². The van der Waals surface area contributed by atoms with Gasteiger partial charge in [0.1, 0.15) is 5.01 Å². The number of aromatic nitrogens is 1. The van der Waals surface area contributed by atoms with Crippen LogP contribution in [0.4, 0.5) is 0 Å². The highest BCUT2D eigenvalue weighted by Gasteiger charge is 2.22. The van der Waals surface area contributed by atoms with Crippen molar-refractivity contribution in [3.05, 3.63) is 27.9 Å². The molecule has 0 saturated carbocycles. The summed E-state index contributed by atoms with van der Waals surface area (Å²) >= 11 is 3.37. The molecule has 2 aromatic heterocycles. The highest BCUT2D eigenvalue weighted by molar-refractivity contribution is 7.88. The van der Waals surface area contributed by atoms with Gasteiger partial charge in [-0.05, 0) is 24.3 Å². The van der Waals surface area contributed by atoms with Crippen LogP contribution < -0.4 is 4.72 Å². The minimum atomic E-state index is -3.10. The molecule has 0 atom stereocenters. The molecule has 0 amide bonds. The third kappa shape index (κ3) is 4.36. The van der Waals surface area contributed by atoms with Crippen molar-refractivity contribution >= 4 is 32.7 Å². The number of thiophene rings is 1. The van der Waals surface area contributed by atoms with Crippen LogP contribution in [0.2, 0.25) is 0 Å². The molecule has 1 aliphatic heterocycles. The predicted molar refractivity (Wildman–Crippen MR) is 91.7 cm³/mol. The molecule has 0 radical (unpaired) electrons. The van der Waals surface area contributed by atoms with Crippen molar-refractivity contribution in [1.29, 1.82) is 0 Å². The van der Waals surface area contributed by atoms with Crippen molar-refractivity contribution in [2.45, 2.75) is 25.4 Å². The molecule has 1 aliphatic rings. The number of nitrogens with one attached hydrogen (secondary N) is 1. The van der Waals surface area contributed by atoms with Crippen LogP contribution in [0.25, 0.3) is 10.6 Å². The van der Waals surface area contributed by atoms with Crippen LogP contribution >= 0.6 is 22.7 Å². The van der Waals surface area contributed by atoms with Gasteiger partial charge in [-0.15, -0.1) is 11.3 Å². The third-order valence-electron chi connectivity index (χ3n) is 3.67. The lowest BCUT2D eigenvalue weighted by atomic mass is 10.1. The van der Waals surface area contributed by atoms with E-state index in [9.17, 15) is 8.42 Å². The van der Waals surface area contributed by atoms with Crippen molar-refractivity contribution < 1.29 is 8.42 Å². The van der Waals surface area contributed by atoms with Gasteiger partial charge in [-0.25, -0.2) is 18.1 Å². The lowest BCUT2D eigenvalue weighted by Gasteiger charge is -2.31. The first-order valence-electron chi connectivity index (χ1n) is 7.16. The van der Waals surface area contributed by atoms with Crippen LogP contribution in [0.15, 0.2) is 22.2 Å². The fourth-order valence-corrected chi connectivity index (χ4v) is 5.00. The van der Waals surface area contributed by atoms with Crippen molar-refractivity contribution in [3.63, 3.8) is 0 Å². The fourth-order valence-electron chi connectivity index (χ4n) is 2.64. The largest absolute Gasteiger partial charge is 0.297 e. The molecule has 1 fully saturated rings. The van der Waals surface area contributed by atoms with Gasteiger partial charge in [-0.3, -0.25) is 4.90 Å². The summed E-state index contributed by atoms with van der Waals surface area (Å²) in [6, 6.07) is 2.17. The van der Waals surface area contributed by atoms with Crippen LogP contribution in [0.3, 0.4) is 0 Å². The maximum Gasteiger partial charge on any atom is 0.208 e. The third-order valence-corrected chi connectivity index (χ3v) is 6.06. The van der Waals surface area contributed by atoms with E-state index in [1.807, 2.05) is 0 Å². The predicted octanol–water partition coefficient (Wildman–Crippen LogP) is 2.39. The quantitative estimate of drug-likeness (QED) is 0.892. The summed E-state index contributed by atoms with van der Waals surface area (Å²) in [5.74, 6) is 0. The molecule has 22 heavy (non-hydrogen) atoms.